The van der Waals surface area contributed by atoms with Crippen molar-refractivity contribution in [1.29, 1.82) is 0 Å². The molecule has 0 radical (unpaired) electrons. The summed E-state index contributed by atoms with van der Waals surface area (Å²) in [7, 11) is 0. The lowest BCUT2D eigenvalue weighted by atomic mass is 10.1. The molecule has 2 saturated heterocycles. The topological polar surface area (TPSA) is 76.6 Å². The van der Waals surface area contributed by atoms with E-state index in [1.165, 1.54) is 0 Å². The smallest absolute Gasteiger partial charge is 0.251 e. The van der Waals surface area contributed by atoms with Gasteiger partial charge < -0.3 is 19.7 Å². The average Bonchev–Trinajstić information content (AvgIpc) is 3.33. The second-order valence-corrected chi connectivity index (χ2v) is 8.91. The van der Waals surface area contributed by atoms with E-state index in [2.05, 4.69) is 22.1 Å². The van der Waals surface area contributed by atoms with Gasteiger partial charge in [0.05, 0.1) is 19.3 Å². The van der Waals surface area contributed by atoms with Gasteiger partial charge in [-0.1, -0.05) is 23.9 Å². The Labute approximate surface area is 187 Å². The number of benzene rings is 1. The number of ether oxygens (including phenoxy) is 2. The van der Waals surface area contributed by atoms with Gasteiger partial charge in [0.25, 0.3) is 5.91 Å². The molecular formula is C23H30N4O3S. The predicted octanol–water partition coefficient (Wildman–Crippen LogP) is 3.13. The van der Waals surface area contributed by atoms with Gasteiger partial charge in [0.15, 0.2) is 5.16 Å². The lowest BCUT2D eigenvalue weighted by Gasteiger charge is -2.29. The molecule has 2 aromatic rings. The fourth-order valence-electron chi connectivity index (χ4n) is 3.75. The van der Waals surface area contributed by atoms with E-state index in [0.717, 1.165) is 79.3 Å². The summed E-state index contributed by atoms with van der Waals surface area (Å²) in [6.07, 6.45) is 2.25. The molecule has 2 aliphatic rings. The fourth-order valence-corrected chi connectivity index (χ4v) is 4.59. The summed E-state index contributed by atoms with van der Waals surface area (Å²) in [5, 5.41) is 3.74. The van der Waals surface area contributed by atoms with E-state index in [1.807, 2.05) is 31.2 Å². The van der Waals surface area contributed by atoms with Crippen LogP contribution in [0.1, 0.15) is 40.0 Å². The molecular weight excluding hydrogens is 412 g/mol. The maximum absolute atomic E-state index is 12.3. The second-order valence-electron chi connectivity index (χ2n) is 7.97. The van der Waals surface area contributed by atoms with Gasteiger partial charge in [0.1, 0.15) is 5.82 Å². The first-order valence-corrected chi connectivity index (χ1v) is 11.9. The molecule has 1 aromatic carbocycles. The number of nitrogens with zero attached hydrogens (tertiary/aromatic N) is 3. The van der Waals surface area contributed by atoms with Crippen LogP contribution in [0.5, 0.6) is 0 Å². The molecule has 2 fully saturated rings. The van der Waals surface area contributed by atoms with E-state index in [1.54, 1.807) is 11.8 Å². The van der Waals surface area contributed by atoms with Crippen molar-refractivity contribution in [3.8, 4) is 0 Å². The normalized spacial score (nSPS) is 18.9. The van der Waals surface area contributed by atoms with Gasteiger partial charge >= 0.3 is 0 Å². The second kappa shape index (κ2) is 10.4. The lowest BCUT2D eigenvalue weighted by molar-refractivity contribution is 0.0858. The molecule has 4 rings (SSSR count). The van der Waals surface area contributed by atoms with Crippen molar-refractivity contribution in [3.63, 3.8) is 0 Å². The Morgan fingerprint density at radius 3 is 2.65 bits per heavy atom. The number of anilines is 1. The van der Waals surface area contributed by atoms with E-state index >= 15 is 0 Å². The van der Waals surface area contributed by atoms with Crippen molar-refractivity contribution < 1.29 is 14.3 Å². The van der Waals surface area contributed by atoms with Crippen molar-refractivity contribution in [2.75, 3.05) is 44.4 Å². The summed E-state index contributed by atoms with van der Waals surface area (Å²) >= 11 is 1.62. The van der Waals surface area contributed by atoms with Gasteiger partial charge in [0, 0.05) is 48.8 Å². The highest BCUT2D eigenvalue weighted by atomic mass is 32.2. The molecule has 0 aliphatic carbocycles. The van der Waals surface area contributed by atoms with Gasteiger partial charge in [-0.05, 0) is 44.4 Å². The van der Waals surface area contributed by atoms with Crippen molar-refractivity contribution in [2.24, 2.45) is 0 Å². The Morgan fingerprint density at radius 1 is 1.16 bits per heavy atom. The zero-order valence-corrected chi connectivity index (χ0v) is 19.0. The number of rotatable bonds is 7. The van der Waals surface area contributed by atoms with Crippen LogP contribution in [0.25, 0.3) is 0 Å². The van der Waals surface area contributed by atoms with Crippen LogP contribution in [0.2, 0.25) is 0 Å². The van der Waals surface area contributed by atoms with E-state index in [9.17, 15) is 4.79 Å². The third-order valence-electron chi connectivity index (χ3n) is 5.75. The Morgan fingerprint density at radius 2 is 1.94 bits per heavy atom. The monoisotopic (exact) mass is 442 g/mol. The molecule has 1 N–H and O–H groups in total. The van der Waals surface area contributed by atoms with Crippen LogP contribution < -0.4 is 10.2 Å². The van der Waals surface area contributed by atoms with Crippen LogP contribution in [-0.4, -0.2) is 61.4 Å². The maximum atomic E-state index is 12.3. The summed E-state index contributed by atoms with van der Waals surface area (Å²) in [6, 6.07) is 7.75. The molecule has 0 bridgehead atoms. The van der Waals surface area contributed by atoms with Gasteiger partial charge in [-0.25, -0.2) is 9.97 Å². The van der Waals surface area contributed by atoms with E-state index in [0.29, 0.717) is 12.1 Å². The summed E-state index contributed by atoms with van der Waals surface area (Å²) in [5.41, 5.74) is 3.95. The van der Waals surface area contributed by atoms with Crippen LogP contribution in [0, 0.1) is 13.8 Å². The molecule has 2 aliphatic heterocycles. The third kappa shape index (κ3) is 5.75. The van der Waals surface area contributed by atoms with E-state index in [4.69, 9.17) is 14.5 Å². The molecule has 8 heteroatoms. The quantitative estimate of drug-likeness (QED) is 0.521. The summed E-state index contributed by atoms with van der Waals surface area (Å²) < 4.78 is 11.0. The van der Waals surface area contributed by atoms with Crippen LogP contribution in [-0.2, 0) is 15.2 Å². The Balaban J connectivity index is 1.34. The standard InChI is InChI=1S/C23H30N4O3S/c1-16-17(2)25-23(26-21(16)27-9-12-29-13-10-27)31-15-18-5-7-19(8-6-18)22(28)24-14-20-4-3-11-30-20/h5-8,20H,3-4,9-15H2,1-2H3,(H,24,28)/t20-/m0/s1. The number of morpholine rings is 1. The van der Waals surface area contributed by atoms with Crippen molar-refractivity contribution in [1.82, 2.24) is 15.3 Å². The SMILES string of the molecule is Cc1nc(SCc2ccc(C(=O)NC[C@@H]3CCCO3)cc2)nc(N2CCOCC2)c1C. The molecule has 1 aromatic heterocycles. The molecule has 1 atom stereocenters. The molecule has 166 valence electrons. The average molecular weight is 443 g/mol. The van der Waals surface area contributed by atoms with Gasteiger partial charge in [0.2, 0.25) is 0 Å². The predicted molar refractivity (Wildman–Crippen MR) is 122 cm³/mol. The number of aryl methyl sites for hydroxylation is 1. The number of carbonyl (C=O) groups excluding carboxylic acids is 1. The summed E-state index contributed by atoms with van der Waals surface area (Å²) in [5.74, 6) is 1.71. The summed E-state index contributed by atoms with van der Waals surface area (Å²) in [4.78, 5) is 24.1. The van der Waals surface area contributed by atoms with E-state index < -0.39 is 0 Å². The molecule has 0 unspecified atom stereocenters. The third-order valence-corrected chi connectivity index (χ3v) is 6.67. The number of aromatic nitrogens is 2. The molecule has 3 heterocycles. The van der Waals surface area contributed by atoms with E-state index in [-0.39, 0.29) is 12.0 Å². The van der Waals surface area contributed by atoms with Crippen molar-refractivity contribution >= 4 is 23.5 Å². The zero-order valence-electron chi connectivity index (χ0n) is 18.2. The summed E-state index contributed by atoms with van der Waals surface area (Å²) in [6.45, 7) is 8.68. The maximum Gasteiger partial charge on any atom is 0.251 e. The lowest BCUT2D eigenvalue weighted by Crippen LogP contribution is -2.37. The Hall–Kier alpha value is -2.16. The van der Waals surface area contributed by atoms with Crippen LogP contribution in [0.15, 0.2) is 29.4 Å². The number of hydrogen-bond acceptors (Lipinski definition) is 7. The highest BCUT2D eigenvalue weighted by molar-refractivity contribution is 7.98. The van der Waals surface area contributed by atoms with Gasteiger partial charge in [-0.3, -0.25) is 4.79 Å². The molecule has 1 amide bonds. The first-order valence-electron chi connectivity index (χ1n) is 10.9. The van der Waals surface area contributed by atoms with Crippen LogP contribution in [0.4, 0.5) is 5.82 Å². The van der Waals surface area contributed by atoms with Crippen molar-refractivity contribution in [3.05, 3.63) is 46.6 Å². The van der Waals surface area contributed by atoms with Gasteiger partial charge in [-0.2, -0.15) is 0 Å². The molecule has 31 heavy (non-hydrogen) atoms. The number of nitrogens with one attached hydrogen (secondary N) is 1. The minimum atomic E-state index is -0.0534. The largest absolute Gasteiger partial charge is 0.378 e. The Kier molecular flexibility index (Phi) is 7.42. The number of carbonyl (C=O) groups is 1. The highest BCUT2D eigenvalue weighted by Crippen LogP contribution is 2.26. The Bertz CT molecular complexity index is 894. The number of hydrogen-bond donors (Lipinski definition) is 1. The fraction of sp³-hybridized carbons (Fsp3) is 0.522. The molecule has 0 saturated carbocycles. The molecule has 0 spiro atoms. The van der Waals surface area contributed by atoms with Crippen molar-refractivity contribution in [2.45, 2.75) is 43.7 Å². The zero-order chi connectivity index (χ0) is 21.6. The molecule has 7 nitrogen and oxygen atoms in total. The minimum absolute atomic E-state index is 0.0534. The first-order chi connectivity index (χ1) is 15.1. The minimum Gasteiger partial charge on any atom is -0.378 e. The van der Waals surface area contributed by atoms with Crippen LogP contribution >= 0.6 is 11.8 Å². The van der Waals surface area contributed by atoms with Crippen LogP contribution in [0.3, 0.4) is 0 Å². The highest BCUT2D eigenvalue weighted by Gasteiger charge is 2.18. The number of thioether (sulfide) groups is 1. The first kappa shape index (κ1) is 22.0. The van der Waals surface area contributed by atoms with Gasteiger partial charge in [-0.15, -0.1) is 0 Å². The number of amides is 1.